The first-order chi connectivity index (χ1) is 5.38. The average Bonchev–Trinajstić information content (AvgIpc) is 2.52. The Bertz CT molecular complexity index is 95.0. The van der Waals surface area contributed by atoms with E-state index >= 15 is 0 Å². The first-order valence-electron chi connectivity index (χ1n) is 4.94. The molecule has 0 aromatic rings. The van der Waals surface area contributed by atoms with E-state index in [1.807, 2.05) is 0 Å². The molecule has 0 radical (unpaired) electrons. The summed E-state index contributed by atoms with van der Waals surface area (Å²) in [6.45, 7) is 2.31. The Morgan fingerprint density at radius 3 is 2.45 bits per heavy atom. The Morgan fingerprint density at radius 2 is 2.00 bits per heavy atom. The molecule has 1 aliphatic carbocycles. The molecule has 1 atom stereocenters. The molecule has 0 amide bonds. The van der Waals surface area contributed by atoms with Gasteiger partial charge in [-0.15, -0.1) is 0 Å². The minimum absolute atomic E-state index is 1.04. The van der Waals surface area contributed by atoms with Gasteiger partial charge in [0.15, 0.2) is 0 Å². The molecular weight excluding hydrogens is 247 g/mol. The van der Waals surface area contributed by atoms with Crippen LogP contribution in [0.1, 0.15) is 45.4 Å². The summed E-state index contributed by atoms with van der Waals surface area (Å²) >= 11 is 2.56. The summed E-state index contributed by atoms with van der Waals surface area (Å²) in [5, 5.41) is 0. The average molecular weight is 266 g/mol. The van der Waals surface area contributed by atoms with Crippen LogP contribution in [0.5, 0.6) is 0 Å². The second kappa shape index (κ2) is 5.39. The van der Waals surface area contributed by atoms with Gasteiger partial charge < -0.3 is 0 Å². The lowest BCUT2D eigenvalue weighted by atomic mass is 9.89. The predicted octanol–water partition coefficient (Wildman–Crippen LogP) is 4.03. The number of hydrogen-bond donors (Lipinski definition) is 0. The van der Waals surface area contributed by atoms with E-state index in [9.17, 15) is 0 Å². The van der Waals surface area contributed by atoms with E-state index in [1.165, 1.54) is 43.0 Å². The van der Waals surface area contributed by atoms with Gasteiger partial charge in [-0.05, 0) is 18.3 Å². The maximum absolute atomic E-state index is 2.56. The molecule has 0 nitrogen and oxygen atoms in total. The van der Waals surface area contributed by atoms with Gasteiger partial charge >= 0.3 is 0 Å². The van der Waals surface area contributed by atoms with Crippen molar-refractivity contribution >= 4 is 22.6 Å². The second-order valence-corrected chi connectivity index (χ2v) is 4.63. The molecule has 0 aromatic carbocycles. The van der Waals surface area contributed by atoms with Gasteiger partial charge in [-0.3, -0.25) is 0 Å². The van der Waals surface area contributed by atoms with Gasteiger partial charge in [-0.25, -0.2) is 0 Å². The quantitative estimate of drug-likeness (QED) is 0.532. The molecule has 1 saturated carbocycles. The summed E-state index contributed by atoms with van der Waals surface area (Å²) in [6.07, 6.45) is 8.89. The smallest absolute Gasteiger partial charge is 0.00263 e. The van der Waals surface area contributed by atoms with Gasteiger partial charge in [0.1, 0.15) is 0 Å². The molecule has 0 aliphatic heterocycles. The molecule has 11 heavy (non-hydrogen) atoms. The van der Waals surface area contributed by atoms with Crippen LogP contribution in [0, 0.1) is 11.8 Å². The van der Waals surface area contributed by atoms with E-state index in [0.29, 0.717) is 0 Å². The normalized spacial score (nSPS) is 22.4. The molecule has 0 aromatic heterocycles. The Kier molecular flexibility index (Phi) is 4.81. The van der Waals surface area contributed by atoms with E-state index in [0.717, 1.165) is 11.8 Å². The zero-order chi connectivity index (χ0) is 8.10. The van der Waals surface area contributed by atoms with Crippen molar-refractivity contribution in [2.24, 2.45) is 11.8 Å². The van der Waals surface area contributed by atoms with Crippen molar-refractivity contribution in [1.29, 1.82) is 0 Å². The van der Waals surface area contributed by atoms with E-state index < -0.39 is 0 Å². The van der Waals surface area contributed by atoms with Crippen molar-refractivity contribution < 1.29 is 0 Å². The number of halogens is 1. The maximum Gasteiger partial charge on any atom is 0.00263 e. The maximum atomic E-state index is 2.56. The minimum Gasteiger partial charge on any atom is -0.0861 e. The largest absolute Gasteiger partial charge is 0.0861 e. The summed E-state index contributed by atoms with van der Waals surface area (Å²) in [6, 6.07) is 0. The van der Waals surface area contributed by atoms with E-state index in [-0.39, 0.29) is 0 Å². The highest BCUT2D eigenvalue weighted by atomic mass is 127. The topological polar surface area (TPSA) is 0 Å². The number of rotatable bonds is 4. The van der Waals surface area contributed by atoms with Gasteiger partial charge in [-0.1, -0.05) is 61.6 Å². The van der Waals surface area contributed by atoms with Crippen LogP contribution in [0.4, 0.5) is 0 Å². The molecule has 0 N–H and O–H groups in total. The summed E-state index contributed by atoms with van der Waals surface area (Å²) in [5.74, 6) is 2.13. The highest BCUT2D eigenvalue weighted by molar-refractivity contribution is 14.1. The zero-order valence-electron chi connectivity index (χ0n) is 7.48. The van der Waals surface area contributed by atoms with E-state index in [4.69, 9.17) is 0 Å². The first-order valence-corrected chi connectivity index (χ1v) is 6.47. The van der Waals surface area contributed by atoms with Crippen LogP contribution in [0.25, 0.3) is 0 Å². The third kappa shape index (κ3) is 2.92. The molecular formula is C10H19I. The van der Waals surface area contributed by atoms with Gasteiger partial charge in [0.25, 0.3) is 0 Å². The van der Waals surface area contributed by atoms with Crippen LogP contribution in [0.2, 0.25) is 0 Å². The molecule has 0 heterocycles. The van der Waals surface area contributed by atoms with Crippen LogP contribution in [0.15, 0.2) is 0 Å². The van der Waals surface area contributed by atoms with Gasteiger partial charge in [-0.2, -0.15) is 0 Å². The number of hydrogen-bond acceptors (Lipinski definition) is 0. The monoisotopic (exact) mass is 266 g/mol. The van der Waals surface area contributed by atoms with Crippen molar-refractivity contribution in [1.82, 2.24) is 0 Å². The van der Waals surface area contributed by atoms with Gasteiger partial charge in [0.05, 0.1) is 0 Å². The SMILES string of the molecule is CCCC(CI)C1CCCC1. The lowest BCUT2D eigenvalue weighted by Crippen LogP contribution is -2.12. The predicted molar refractivity (Wildman–Crippen MR) is 59.2 cm³/mol. The number of alkyl halides is 1. The third-order valence-electron chi connectivity index (χ3n) is 2.92. The summed E-state index contributed by atoms with van der Waals surface area (Å²) < 4.78 is 1.39. The fraction of sp³-hybridized carbons (Fsp3) is 1.00. The van der Waals surface area contributed by atoms with Crippen molar-refractivity contribution in [3.8, 4) is 0 Å². The molecule has 1 aliphatic rings. The van der Waals surface area contributed by atoms with Crippen molar-refractivity contribution in [2.45, 2.75) is 45.4 Å². The van der Waals surface area contributed by atoms with Crippen molar-refractivity contribution in [2.75, 3.05) is 4.43 Å². The Labute approximate surface area is 84.3 Å². The molecule has 0 saturated heterocycles. The highest BCUT2D eigenvalue weighted by Crippen LogP contribution is 2.34. The van der Waals surface area contributed by atoms with Crippen LogP contribution in [-0.4, -0.2) is 4.43 Å². The zero-order valence-corrected chi connectivity index (χ0v) is 9.64. The lowest BCUT2D eigenvalue weighted by molar-refractivity contribution is 0.353. The van der Waals surface area contributed by atoms with Crippen molar-refractivity contribution in [3.05, 3.63) is 0 Å². The second-order valence-electron chi connectivity index (χ2n) is 3.75. The highest BCUT2D eigenvalue weighted by Gasteiger charge is 2.22. The standard InChI is InChI=1S/C10H19I/c1-2-5-10(8-11)9-6-3-4-7-9/h9-10H,2-8H2,1H3. The van der Waals surface area contributed by atoms with Crippen LogP contribution < -0.4 is 0 Å². The molecule has 66 valence electrons. The first kappa shape index (κ1) is 9.82. The molecule has 1 unspecified atom stereocenters. The molecule has 0 bridgehead atoms. The fourth-order valence-electron chi connectivity index (χ4n) is 2.24. The minimum atomic E-state index is 1.04. The van der Waals surface area contributed by atoms with Crippen molar-refractivity contribution in [3.63, 3.8) is 0 Å². The third-order valence-corrected chi connectivity index (χ3v) is 4.06. The van der Waals surface area contributed by atoms with Crippen LogP contribution in [0.3, 0.4) is 0 Å². The van der Waals surface area contributed by atoms with Gasteiger partial charge in [0.2, 0.25) is 0 Å². The van der Waals surface area contributed by atoms with Gasteiger partial charge in [0, 0.05) is 4.43 Å². The lowest BCUT2D eigenvalue weighted by Gasteiger charge is -2.19. The summed E-state index contributed by atoms with van der Waals surface area (Å²) in [7, 11) is 0. The summed E-state index contributed by atoms with van der Waals surface area (Å²) in [5.41, 5.74) is 0. The van der Waals surface area contributed by atoms with Crippen LogP contribution >= 0.6 is 22.6 Å². The molecule has 0 spiro atoms. The van der Waals surface area contributed by atoms with E-state index in [2.05, 4.69) is 29.5 Å². The molecule has 1 fully saturated rings. The van der Waals surface area contributed by atoms with E-state index in [1.54, 1.807) is 0 Å². The molecule has 1 heteroatoms. The Morgan fingerprint density at radius 1 is 1.36 bits per heavy atom. The fourth-order valence-corrected chi connectivity index (χ4v) is 3.40. The Hall–Kier alpha value is 0.730. The summed E-state index contributed by atoms with van der Waals surface area (Å²) in [4.78, 5) is 0. The Balaban J connectivity index is 2.27. The molecule has 1 rings (SSSR count). The van der Waals surface area contributed by atoms with Crippen LogP contribution in [-0.2, 0) is 0 Å².